The smallest absolute Gasteiger partial charge is 0.308 e. The SMILES string of the molecule is COc1ccc(OC(C)=O)cc1C(N)=O. The van der Waals surface area contributed by atoms with Crippen LogP contribution in [0.25, 0.3) is 0 Å². The lowest BCUT2D eigenvalue weighted by atomic mass is 10.2. The van der Waals surface area contributed by atoms with E-state index in [2.05, 4.69) is 0 Å². The summed E-state index contributed by atoms with van der Waals surface area (Å²) < 4.78 is 9.73. The van der Waals surface area contributed by atoms with Crippen molar-refractivity contribution in [3.8, 4) is 11.5 Å². The molecule has 0 heterocycles. The Labute approximate surface area is 86.8 Å². The number of methoxy groups -OCH3 is 1. The standard InChI is InChI=1S/C10H11NO4/c1-6(12)15-7-3-4-9(14-2)8(5-7)10(11)13/h3-5H,1-2H3,(H2,11,13). The molecule has 0 aromatic heterocycles. The highest BCUT2D eigenvalue weighted by atomic mass is 16.5. The molecule has 80 valence electrons. The van der Waals surface area contributed by atoms with Crippen molar-refractivity contribution >= 4 is 11.9 Å². The summed E-state index contributed by atoms with van der Waals surface area (Å²) in [7, 11) is 1.42. The lowest BCUT2D eigenvalue weighted by molar-refractivity contribution is -0.131. The van der Waals surface area contributed by atoms with Crippen LogP contribution in [0.2, 0.25) is 0 Å². The van der Waals surface area contributed by atoms with Crippen molar-refractivity contribution in [1.29, 1.82) is 0 Å². The van der Waals surface area contributed by atoms with Crippen molar-refractivity contribution in [2.45, 2.75) is 6.92 Å². The monoisotopic (exact) mass is 209 g/mol. The second kappa shape index (κ2) is 4.45. The Morgan fingerprint density at radius 2 is 2.00 bits per heavy atom. The molecule has 0 atom stereocenters. The number of hydrogen-bond acceptors (Lipinski definition) is 4. The topological polar surface area (TPSA) is 78.6 Å². The fourth-order valence-corrected chi connectivity index (χ4v) is 1.11. The largest absolute Gasteiger partial charge is 0.496 e. The molecule has 5 nitrogen and oxygen atoms in total. The van der Waals surface area contributed by atoms with Crippen LogP contribution < -0.4 is 15.2 Å². The molecule has 0 radical (unpaired) electrons. The van der Waals surface area contributed by atoms with Gasteiger partial charge in [0, 0.05) is 6.92 Å². The van der Waals surface area contributed by atoms with Gasteiger partial charge in [0.2, 0.25) is 0 Å². The lowest BCUT2D eigenvalue weighted by Crippen LogP contribution is -2.13. The van der Waals surface area contributed by atoms with Crippen LogP contribution in [0.3, 0.4) is 0 Å². The number of ether oxygens (including phenoxy) is 2. The first-order chi connectivity index (χ1) is 7.04. The minimum absolute atomic E-state index is 0.177. The number of esters is 1. The molecule has 0 saturated carbocycles. The molecule has 0 fully saturated rings. The Morgan fingerprint density at radius 1 is 1.33 bits per heavy atom. The third kappa shape index (κ3) is 2.70. The molecule has 1 aromatic carbocycles. The van der Waals surface area contributed by atoms with Crippen LogP contribution in [-0.2, 0) is 4.79 Å². The highest BCUT2D eigenvalue weighted by molar-refractivity contribution is 5.96. The number of nitrogens with two attached hydrogens (primary N) is 1. The van der Waals surface area contributed by atoms with Crippen molar-refractivity contribution in [2.24, 2.45) is 5.73 Å². The molecule has 0 bridgehead atoms. The van der Waals surface area contributed by atoms with Gasteiger partial charge in [-0.2, -0.15) is 0 Å². The second-order valence-corrected chi connectivity index (χ2v) is 2.82. The summed E-state index contributed by atoms with van der Waals surface area (Å²) in [6, 6.07) is 4.40. The first kappa shape index (κ1) is 11.0. The first-order valence-corrected chi connectivity index (χ1v) is 4.21. The molecule has 1 amide bonds. The van der Waals surface area contributed by atoms with Crippen molar-refractivity contribution < 1.29 is 19.1 Å². The highest BCUT2D eigenvalue weighted by Crippen LogP contribution is 2.23. The zero-order chi connectivity index (χ0) is 11.4. The summed E-state index contributed by atoms with van der Waals surface area (Å²) in [6.07, 6.45) is 0. The maximum Gasteiger partial charge on any atom is 0.308 e. The summed E-state index contributed by atoms with van der Waals surface area (Å²) >= 11 is 0. The van der Waals surface area contributed by atoms with E-state index in [9.17, 15) is 9.59 Å². The average molecular weight is 209 g/mol. The fraction of sp³-hybridized carbons (Fsp3) is 0.200. The van der Waals surface area contributed by atoms with Crippen molar-refractivity contribution in [3.63, 3.8) is 0 Å². The molecule has 0 saturated heterocycles. The predicted octanol–water partition coefficient (Wildman–Crippen LogP) is 0.719. The number of rotatable bonds is 3. The Balaban J connectivity index is 3.10. The quantitative estimate of drug-likeness (QED) is 0.587. The maximum atomic E-state index is 11.0. The highest BCUT2D eigenvalue weighted by Gasteiger charge is 2.10. The first-order valence-electron chi connectivity index (χ1n) is 4.21. The van der Waals surface area contributed by atoms with Gasteiger partial charge in [-0.3, -0.25) is 9.59 Å². The number of hydrogen-bond donors (Lipinski definition) is 1. The van der Waals surface area contributed by atoms with Crippen molar-refractivity contribution in [2.75, 3.05) is 7.11 Å². The summed E-state index contributed by atoms with van der Waals surface area (Å²) in [6.45, 7) is 1.27. The summed E-state index contributed by atoms with van der Waals surface area (Å²) in [5, 5.41) is 0. The molecule has 15 heavy (non-hydrogen) atoms. The Kier molecular flexibility index (Phi) is 3.28. The third-order valence-electron chi connectivity index (χ3n) is 1.70. The van der Waals surface area contributed by atoms with Gasteiger partial charge in [-0.15, -0.1) is 0 Å². The molecule has 0 aliphatic carbocycles. The fourth-order valence-electron chi connectivity index (χ4n) is 1.11. The van der Waals surface area contributed by atoms with Crippen LogP contribution in [0, 0.1) is 0 Å². The predicted molar refractivity (Wildman–Crippen MR) is 52.8 cm³/mol. The van der Waals surface area contributed by atoms with Crippen LogP contribution in [-0.4, -0.2) is 19.0 Å². The Hall–Kier alpha value is -2.04. The van der Waals surface area contributed by atoms with E-state index < -0.39 is 11.9 Å². The second-order valence-electron chi connectivity index (χ2n) is 2.82. The Bertz CT molecular complexity index is 400. The van der Waals surface area contributed by atoms with Crippen LogP contribution in [0.1, 0.15) is 17.3 Å². The molecular weight excluding hydrogens is 198 g/mol. The third-order valence-corrected chi connectivity index (χ3v) is 1.70. The van der Waals surface area contributed by atoms with Gasteiger partial charge in [0.15, 0.2) is 0 Å². The van der Waals surface area contributed by atoms with Crippen molar-refractivity contribution in [3.05, 3.63) is 23.8 Å². The van der Waals surface area contributed by atoms with Gasteiger partial charge in [-0.05, 0) is 18.2 Å². The average Bonchev–Trinajstić information content (AvgIpc) is 2.16. The van der Waals surface area contributed by atoms with E-state index in [0.29, 0.717) is 5.75 Å². The number of carbonyl (C=O) groups is 2. The van der Waals surface area contributed by atoms with E-state index in [1.165, 1.54) is 32.2 Å². The maximum absolute atomic E-state index is 11.0. The normalized spacial score (nSPS) is 9.47. The van der Waals surface area contributed by atoms with E-state index in [-0.39, 0.29) is 11.3 Å². The van der Waals surface area contributed by atoms with Gasteiger partial charge in [-0.1, -0.05) is 0 Å². The zero-order valence-electron chi connectivity index (χ0n) is 8.44. The van der Waals surface area contributed by atoms with Gasteiger partial charge >= 0.3 is 5.97 Å². The molecule has 1 rings (SSSR count). The van der Waals surface area contributed by atoms with Crippen LogP contribution in [0.5, 0.6) is 11.5 Å². The van der Waals surface area contributed by atoms with E-state index >= 15 is 0 Å². The van der Waals surface area contributed by atoms with Gasteiger partial charge in [0.1, 0.15) is 11.5 Å². The number of carbonyl (C=O) groups excluding carboxylic acids is 2. The lowest BCUT2D eigenvalue weighted by Gasteiger charge is -2.07. The number of primary amides is 1. The van der Waals surface area contributed by atoms with E-state index in [0.717, 1.165) is 0 Å². The van der Waals surface area contributed by atoms with Crippen LogP contribution in [0.15, 0.2) is 18.2 Å². The van der Waals surface area contributed by atoms with Gasteiger partial charge in [0.05, 0.1) is 12.7 Å². The molecule has 5 heteroatoms. The molecule has 0 spiro atoms. The summed E-state index contributed by atoms with van der Waals surface area (Å²) in [4.78, 5) is 21.7. The van der Waals surface area contributed by atoms with E-state index in [1.807, 2.05) is 0 Å². The Morgan fingerprint density at radius 3 is 2.47 bits per heavy atom. The number of amides is 1. The summed E-state index contributed by atoms with van der Waals surface area (Å²) in [5.41, 5.74) is 5.31. The molecule has 2 N–H and O–H groups in total. The van der Waals surface area contributed by atoms with Gasteiger partial charge < -0.3 is 15.2 Å². The summed E-state index contributed by atoms with van der Waals surface area (Å²) in [5.74, 6) is -0.494. The zero-order valence-corrected chi connectivity index (χ0v) is 8.44. The molecule has 1 aromatic rings. The van der Waals surface area contributed by atoms with E-state index in [1.54, 1.807) is 0 Å². The molecule has 0 aliphatic rings. The molecule has 0 unspecified atom stereocenters. The van der Waals surface area contributed by atoms with Gasteiger partial charge in [-0.25, -0.2) is 0 Å². The van der Waals surface area contributed by atoms with Crippen molar-refractivity contribution in [1.82, 2.24) is 0 Å². The van der Waals surface area contributed by atoms with Crippen LogP contribution in [0.4, 0.5) is 0 Å². The number of benzene rings is 1. The van der Waals surface area contributed by atoms with E-state index in [4.69, 9.17) is 15.2 Å². The minimum atomic E-state index is -0.638. The molecule has 0 aliphatic heterocycles. The molecular formula is C10H11NO4. The van der Waals surface area contributed by atoms with Gasteiger partial charge in [0.25, 0.3) is 5.91 Å². The van der Waals surface area contributed by atoms with Crippen LogP contribution >= 0.6 is 0 Å². The minimum Gasteiger partial charge on any atom is -0.496 e.